The van der Waals surface area contributed by atoms with Gasteiger partial charge in [0.05, 0.1) is 0 Å². The van der Waals surface area contributed by atoms with Crippen LogP contribution >= 0.6 is 11.8 Å². The van der Waals surface area contributed by atoms with Crippen molar-refractivity contribution in [1.29, 1.82) is 0 Å². The summed E-state index contributed by atoms with van der Waals surface area (Å²) >= 11 is 1.74. The molecule has 1 nitrogen and oxygen atoms in total. The molecule has 6 aromatic rings. The molecule has 0 saturated heterocycles. The van der Waals surface area contributed by atoms with Crippen molar-refractivity contribution >= 4 is 44.1 Å². The number of aryl methyl sites for hydroxylation is 1. The summed E-state index contributed by atoms with van der Waals surface area (Å²) in [5.41, 5.74) is 2.83. The van der Waals surface area contributed by atoms with Gasteiger partial charge in [0, 0.05) is 20.9 Å². The molecule has 6 aromatic carbocycles. The molecule has 1 N–H and O–H groups in total. The van der Waals surface area contributed by atoms with Gasteiger partial charge in [-0.15, -0.1) is 0 Å². The molecule has 0 radical (unpaired) electrons. The van der Waals surface area contributed by atoms with Crippen molar-refractivity contribution in [3.05, 3.63) is 119 Å². The summed E-state index contributed by atoms with van der Waals surface area (Å²) in [7, 11) is 0. The first-order valence-corrected chi connectivity index (χ1v) is 11.7. The van der Waals surface area contributed by atoms with Crippen molar-refractivity contribution in [2.75, 3.05) is 0 Å². The van der Waals surface area contributed by atoms with Crippen molar-refractivity contribution in [1.82, 2.24) is 0 Å². The van der Waals surface area contributed by atoms with Gasteiger partial charge in [0.25, 0.3) is 0 Å². The molecule has 1 heterocycles. The first-order chi connectivity index (χ1) is 15.6. The highest BCUT2D eigenvalue weighted by molar-refractivity contribution is 7.99. The molecule has 0 saturated carbocycles. The van der Waals surface area contributed by atoms with E-state index in [0.717, 1.165) is 26.5 Å². The highest BCUT2D eigenvalue weighted by Crippen LogP contribution is 2.52. The van der Waals surface area contributed by atoms with Crippen molar-refractivity contribution < 1.29 is 5.11 Å². The maximum absolute atomic E-state index is 12.5. The number of benzene rings is 6. The van der Waals surface area contributed by atoms with Gasteiger partial charge in [-0.3, -0.25) is 0 Å². The van der Waals surface area contributed by atoms with Crippen LogP contribution in [0.25, 0.3) is 32.3 Å². The van der Waals surface area contributed by atoms with Crippen molar-refractivity contribution in [3.63, 3.8) is 0 Å². The Kier molecular flexibility index (Phi) is 3.62. The van der Waals surface area contributed by atoms with Crippen LogP contribution in [0, 0.1) is 6.92 Å². The van der Waals surface area contributed by atoms with E-state index in [1.807, 2.05) is 12.1 Å². The summed E-state index contributed by atoms with van der Waals surface area (Å²) < 4.78 is 0. The summed E-state index contributed by atoms with van der Waals surface area (Å²) in [6.07, 6.45) is 0. The van der Waals surface area contributed by atoms with Crippen LogP contribution in [0.3, 0.4) is 0 Å². The highest BCUT2D eigenvalue weighted by atomic mass is 32.2. The Morgan fingerprint density at radius 3 is 1.97 bits per heavy atom. The Morgan fingerprint density at radius 1 is 0.594 bits per heavy atom. The zero-order valence-electron chi connectivity index (χ0n) is 17.6. The summed E-state index contributed by atoms with van der Waals surface area (Å²) in [4.78, 5) is 2.23. The Bertz CT molecular complexity index is 1620. The molecule has 1 aliphatic heterocycles. The van der Waals surface area contributed by atoms with Crippen molar-refractivity contribution in [2.45, 2.75) is 22.3 Å². The average molecular weight is 429 g/mol. The van der Waals surface area contributed by atoms with Crippen LogP contribution in [-0.2, 0) is 5.60 Å². The Morgan fingerprint density at radius 2 is 1.22 bits per heavy atom. The van der Waals surface area contributed by atoms with E-state index in [2.05, 4.69) is 91.9 Å². The van der Waals surface area contributed by atoms with Gasteiger partial charge in [0.1, 0.15) is 5.60 Å². The SMILES string of the molecule is Cc1ccc2c(c1)Sc1ccccc1C2(O)c1cc2ccc3cccc4ccc(c1)c2c34. The first-order valence-electron chi connectivity index (χ1n) is 10.9. The van der Waals surface area contributed by atoms with Crippen LogP contribution in [0.15, 0.2) is 107 Å². The maximum atomic E-state index is 12.5. The van der Waals surface area contributed by atoms with Gasteiger partial charge in [0.2, 0.25) is 0 Å². The summed E-state index contributed by atoms with van der Waals surface area (Å²) in [6.45, 7) is 2.11. The lowest BCUT2D eigenvalue weighted by Crippen LogP contribution is -2.32. The van der Waals surface area contributed by atoms with E-state index >= 15 is 0 Å². The standard InChI is InChI=1S/C30H20OS/c1-18-9-14-25-27(15-18)32-26-8-3-2-7-24(26)30(25,31)23-16-21-12-10-19-5-4-6-20-11-13-22(17-23)29(21)28(19)20/h2-17,31H,1H3. The van der Waals surface area contributed by atoms with Gasteiger partial charge in [-0.2, -0.15) is 0 Å². The van der Waals surface area contributed by atoms with Crippen LogP contribution in [0.2, 0.25) is 0 Å². The Balaban J connectivity index is 1.59. The van der Waals surface area contributed by atoms with Crippen LogP contribution < -0.4 is 0 Å². The van der Waals surface area contributed by atoms with Crippen LogP contribution in [0.5, 0.6) is 0 Å². The normalized spacial score (nSPS) is 17.7. The number of aliphatic hydroxyl groups is 1. The van der Waals surface area contributed by atoms with E-state index < -0.39 is 5.60 Å². The fourth-order valence-electron chi connectivity index (χ4n) is 5.40. The molecule has 152 valence electrons. The summed E-state index contributed by atoms with van der Waals surface area (Å²) in [5.74, 6) is 0. The largest absolute Gasteiger partial charge is 0.376 e. The number of rotatable bonds is 1. The third kappa shape index (κ3) is 2.34. The van der Waals surface area contributed by atoms with Crippen LogP contribution in [0.4, 0.5) is 0 Å². The highest BCUT2D eigenvalue weighted by Gasteiger charge is 2.41. The average Bonchev–Trinajstić information content (AvgIpc) is 2.82. The molecule has 1 atom stereocenters. The lowest BCUT2D eigenvalue weighted by Gasteiger charge is -2.37. The molecule has 0 aliphatic carbocycles. The van der Waals surface area contributed by atoms with Crippen molar-refractivity contribution in [3.8, 4) is 0 Å². The van der Waals surface area contributed by atoms with Gasteiger partial charge in [-0.25, -0.2) is 0 Å². The summed E-state index contributed by atoms with van der Waals surface area (Å²) in [5, 5.41) is 19.9. The topological polar surface area (TPSA) is 20.2 Å². The zero-order valence-corrected chi connectivity index (χ0v) is 18.4. The number of hydrogen-bond acceptors (Lipinski definition) is 2. The number of hydrogen-bond donors (Lipinski definition) is 1. The van der Waals surface area contributed by atoms with Gasteiger partial charge in [-0.1, -0.05) is 84.6 Å². The van der Waals surface area contributed by atoms with E-state index in [1.54, 1.807) is 11.8 Å². The van der Waals surface area contributed by atoms with E-state index in [9.17, 15) is 5.11 Å². The van der Waals surface area contributed by atoms with Gasteiger partial charge < -0.3 is 5.11 Å². The predicted molar refractivity (Wildman–Crippen MR) is 134 cm³/mol. The Hall–Kier alpha value is -3.33. The molecule has 0 spiro atoms. The van der Waals surface area contributed by atoms with Gasteiger partial charge in [0.15, 0.2) is 0 Å². The lowest BCUT2D eigenvalue weighted by molar-refractivity contribution is 0.119. The molecule has 1 unspecified atom stereocenters. The molecule has 0 bridgehead atoms. The quantitative estimate of drug-likeness (QED) is 0.272. The molecule has 7 rings (SSSR count). The van der Waals surface area contributed by atoms with Crippen molar-refractivity contribution in [2.24, 2.45) is 0 Å². The molecular weight excluding hydrogens is 408 g/mol. The molecule has 1 aliphatic rings. The molecular formula is C30H20OS. The maximum Gasteiger partial charge on any atom is 0.142 e. The lowest BCUT2D eigenvalue weighted by atomic mass is 9.78. The molecule has 2 heteroatoms. The smallest absolute Gasteiger partial charge is 0.142 e. The second-order valence-electron chi connectivity index (χ2n) is 8.82. The second kappa shape index (κ2) is 6.35. The minimum Gasteiger partial charge on any atom is -0.376 e. The van der Waals surface area contributed by atoms with Crippen LogP contribution in [-0.4, -0.2) is 5.11 Å². The first kappa shape index (κ1) is 18.3. The fourth-order valence-corrected chi connectivity index (χ4v) is 6.68. The second-order valence-corrected chi connectivity index (χ2v) is 9.90. The van der Waals surface area contributed by atoms with Gasteiger partial charge in [-0.05, 0) is 74.6 Å². The zero-order chi connectivity index (χ0) is 21.4. The van der Waals surface area contributed by atoms with Crippen LogP contribution in [0.1, 0.15) is 22.3 Å². The minimum atomic E-state index is -1.20. The van der Waals surface area contributed by atoms with E-state index in [-0.39, 0.29) is 0 Å². The fraction of sp³-hybridized carbons (Fsp3) is 0.0667. The monoisotopic (exact) mass is 428 g/mol. The summed E-state index contributed by atoms with van der Waals surface area (Å²) in [6, 6.07) is 34.2. The Labute approximate surface area is 190 Å². The van der Waals surface area contributed by atoms with Gasteiger partial charge >= 0.3 is 0 Å². The number of fused-ring (bicyclic) bond motifs is 2. The van der Waals surface area contributed by atoms with E-state index in [1.165, 1.54) is 37.9 Å². The minimum absolute atomic E-state index is 0.918. The molecule has 0 amide bonds. The molecule has 0 aromatic heterocycles. The third-order valence-electron chi connectivity index (χ3n) is 6.90. The third-order valence-corrected chi connectivity index (χ3v) is 8.04. The van der Waals surface area contributed by atoms with E-state index in [0.29, 0.717) is 0 Å². The molecule has 0 fully saturated rings. The molecule has 32 heavy (non-hydrogen) atoms. The van der Waals surface area contributed by atoms with E-state index in [4.69, 9.17) is 0 Å². The predicted octanol–water partition coefficient (Wildman–Crippen LogP) is 7.64.